The third kappa shape index (κ3) is 1.80. The van der Waals surface area contributed by atoms with Gasteiger partial charge in [0.2, 0.25) is 0 Å². The maximum absolute atomic E-state index is 13.6. The van der Waals surface area contributed by atoms with Crippen molar-refractivity contribution >= 4 is 5.82 Å². The van der Waals surface area contributed by atoms with Crippen LogP contribution >= 0.6 is 0 Å². The number of halogens is 1. The predicted octanol–water partition coefficient (Wildman–Crippen LogP) is 1.34. The molecule has 1 heterocycles. The van der Waals surface area contributed by atoms with Crippen LogP contribution in [0.3, 0.4) is 0 Å². The monoisotopic (exact) mass is 227 g/mol. The Morgan fingerprint density at radius 2 is 2.06 bits per heavy atom. The van der Waals surface area contributed by atoms with E-state index in [9.17, 15) is 4.39 Å². The van der Waals surface area contributed by atoms with Crippen LogP contribution in [0.5, 0.6) is 0 Å². The fraction of sp³-hybridized carbons (Fsp3) is 0. The van der Waals surface area contributed by atoms with Gasteiger partial charge in [0.25, 0.3) is 0 Å². The standard InChI is InChI=1S/C11H6FN5/c12-9-3-7(4-13)1-2-10(9)17-6-8(5-14)11(15)16-17/h1-3,6H,(H2,15,16). The lowest BCUT2D eigenvalue weighted by Crippen LogP contribution is -1.99. The van der Waals surface area contributed by atoms with Gasteiger partial charge in [-0.05, 0) is 18.2 Å². The molecule has 0 aliphatic heterocycles. The molecule has 0 bridgehead atoms. The molecule has 2 aromatic rings. The zero-order chi connectivity index (χ0) is 12.4. The molecule has 0 fully saturated rings. The van der Waals surface area contributed by atoms with Gasteiger partial charge in [0.05, 0.1) is 17.8 Å². The summed E-state index contributed by atoms with van der Waals surface area (Å²) in [6, 6.07) is 7.63. The van der Waals surface area contributed by atoms with Crippen LogP contribution in [-0.2, 0) is 0 Å². The number of nitriles is 2. The molecule has 5 nitrogen and oxygen atoms in total. The van der Waals surface area contributed by atoms with Crippen LogP contribution in [0.4, 0.5) is 10.2 Å². The first-order valence-electron chi connectivity index (χ1n) is 4.61. The first-order valence-corrected chi connectivity index (χ1v) is 4.61. The van der Waals surface area contributed by atoms with Crippen molar-refractivity contribution in [2.45, 2.75) is 0 Å². The Hall–Kier alpha value is -2.86. The van der Waals surface area contributed by atoms with E-state index in [-0.39, 0.29) is 22.6 Å². The lowest BCUT2D eigenvalue weighted by Gasteiger charge is -2.02. The zero-order valence-corrected chi connectivity index (χ0v) is 8.55. The zero-order valence-electron chi connectivity index (χ0n) is 8.55. The molecule has 17 heavy (non-hydrogen) atoms. The van der Waals surface area contributed by atoms with Crippen molar-refractivity contribution in [2.24, 2.45) is 0 Å². The van der Waals surface area contributed by atoms with Crippen LogP contribution < -0.4 is 5.73 Å². The Kier molecular flexibility index (Phi) is 2.48. The van der Waals surface area contributed by atoms with Gasteiger partial charge < -0.3 is 5.73 Å². The van der Waals surface area contributed by atoms with E-state index in [0.717, 1.165) is 6.07 Å². The van der Waals surface area contributed by atoms with Gasteiger partial charge in [-0.2, -0.15) is 10.5 Å². The van der Waals surface area contributed by atoms with E-state index >= 15 is 0 Å². The van der Waals surface area contributed by atoms with Gasteiger partial charge in [0.1, 0.15) is 23.1 Å². The molecule has 0 aliphatic rings. The molecule has 0 unspecified atom stereocenters. The van der Waals surface area contributed by atoms with Crippen LogP contribution in [0.25, 0.3) is 5.69 Å². The van der Waals surface area contributed by atoms with Crippen molar-refractivity contribution in [1.82, 2.24) is 9.78 Å². The number of aromatic nitrogens is 2. The number of nitrogens with zero attached hydrogens (tertiary/aromatic N) is 4. The maximum Gasteiger partial charge on any atom is 0.163 e. The van der Waals surface area contributed by atoms with Gasteiger partial charge in [0.15, 0.2) is 5.82 Å². The molecule has 0 amide bonds. The van der Waals surface area contributed by atoms with E-state index in [1.165, 1.54) is 23.0 Å². The molecule has 0 saturated heterocycles. The van der Waals surface area contributed by atoms with E-state index in [1.807, 2.05) is 12.1 Å². The highest BCUT2D eigenvalue weighted by molar-refractivity contribution is 5.49. The van der Waals surface area contributed by atoms with Crippen molar-refractivity contribution in [1.29, 1.82) is 10.5 Å². The first kappa shape index (κ1) is 10.7. The van der Waals surface area contributed by atoms with E-state index in [2.05, 4.69) is 5.10 Å². The van der Waals surface area contributed by atoms with Crippen LogP contribution in [0.2, 0.25) is 0 Å². The molecule has 0 atom stereocenters. The smallest absolute Gasteiger partial charge is 0.163 e. The predicted molar refractivity (Wildman–Crippen MR) is 57.4 cm³/mol. The highest BCUT2D eigenvalue weighted by atomic mass is 19.1. The van der Waals surface area contributed by atoms with Gasteiger partial charge in [0, 0.05) is 0 Å². The van der Waals surface area contributed by atoms with E-state index in [4.69, 9.17) is 16.3 Å². The topological polar surface area (TPSA) is 91.4 Å². The van der Waals surface area contributed by atoms with Crippen molar-refractivity contribution in [3.8, 4) is 17.8 Å². The summed E-state index contributed by atoms with van der Waals surface area (Å²) in [6.45, 7) is 0. The van der Waals surface area contributed by atoms with Gasteiger partial charge >= 0.3 is 0 Å². The van der Waals surface area contributed by atoms with Crippen LogP contribution in [0, 0.1) is 28.5 Å². The average Bonchev–Trinajstić information content (AvgIpc) is 2.70. The minimum atomic E-state index is -0.601. The Balaban J connectivity index is 2.54. The second-order valence-corrected chi connectivity index (χ2v) is 3.26. The molecular weight excluding hydrogens is 221 g/mol. The summed E-state index contributed by atoms with van der Waals surface area (Å²) in [5.41, 5.74) is 5.99. The fourth-order valence-electron chi connectivity index (χ4n) is 1.36. The number of nitrogen functional groups attached to an aromatic ring is 1. The third-order valence-corrected chi connectivity index (χ3v) is 2.19. The van der Waals surface area contributed by atoms with Crippen molar-refractivity contribution in [3.05, 3.63) is 41.3 Å². The Labute approximate surface area is 96.1 Å². The number of hydrogen-bond acceptors (Lipinski definition) is 4. The number of hydrogen-bond donors (Lipinski definition) is 1. The van der Waals surface area contributed by atoms with Gasteiger partial charge in [-0.25, -0.2) is 9.07 Å². The second kappa shape index (κ2) is 3.95. The number of rotatable bonds is 1. The summed E-state index contributed by atoms with van der Waals surface area (Å²) in [5, 5.41) is 21.1. The first-order chi connectivity index (χ1) is 8.15. The molecule has 2 rings (SSSR count). The number of benzene rings is 1. The summed E-state index contributed by atoms with van der Waals surface area (Å²) in [4.78, 5) is 0. The Bertz CT molecular complexity index is 659. The summed E-state index contributed by atoms with van der Waals surface area (Å²) in [6.07, 6.45) is 1.33. The van der Waals surface area contributed by atoms with E-state index in [1.54, 1.807) is 0 Å². The molecule has 1 aromatic heterocycles. The minimum absolute atomic E-state index is 0.0382. The summed E-state index contributed by atoms with van der Waals surface area (Å²) in [7, 11) is 0. The molecule has 1 aromatic carbocycles. The Morgan fingerprint density at radius 1 is 1.29 bits per heavy atom. The SMILES string of the molecule is N#Cc1ccc(-n2cc(C#N)c(N)n2)c(F)c1. The van der Waals surface area contributed by atoms with Crippen LogP contribution in [0.15, 0.2) is 24.4 Å². The average molecular weight is 227 g/mol. The molecule has 0 radical (unpaired) electrons. The normalized spacial score (nSPS) is 9.59. The third-order valence-electron chi connectivity index (χ3n) is 2.19. The highest BCUT2D eigenvalue weighted by Crippen LogP contribution is 2.17. The molecule has 0 saturated carbocycles. The quantitative estimate of drug-likeness (QED) is 0.795. The Morgan fingerprint density at radius 3 is 2.59 bits per heavy atom. The van der Waals surface area contributed by atoms with Gasteiger partial charge in [-0.15, -0.1) is 5.10 Å². The maximum atomic E-state index is 13.6. The molecule has 82 valence electrons. The van der Waals surface area contributed by atoms with Crippen molar-refractivity contribution in [2.75, 3.05) is 5.73 Å². The summed E-state index contributed by atoms with van der Waals surface area (Å²) < 4.78 is 14.8. The van der Waals surface area contributed by atoms with Gasteiger partial charge in [-0.3, -0.25) is 0 Å². The lowest BCUT2D eigenvalue weighted by molar-refractivity contribution is 0.610. The molecule has 0 aliphatic carbocycles. The molecule has 0 spiro atoms. The van der Waals surface area contributed by atoms with Crippen LogP contribution in [0.1, 0.15) is 11.1 Å². The highest BCUT2D eigenvalue weighted by Gasteiger charge is 2.10. The number of anilines is 1. The van der Waals surface area contributed by atoms with Crippen molar-refractivity contribution in [3.63, 3.8) is 0 Å². The van der Waals surface area contributed by atoms with Crippen LogP contribution in [-0.4, -0.2) is 9.78 Å². The summed E-state index contributed by atoms with van der Waals surface area (Å²) in [5.74, 6) is -0.563. The van der Waals surface area contributed by atoms with E-state index in [0.29, 0.717) is 0 Å². The minimum Gasteiger partial charge on any atom is -0.381 e. The largest absolute Gasteiger partial charge is 0.381 e. The van der Waals surface area contributed by atoms with Crippen molar-refractivity contribution < 1.29 is 4.39 Å². The molecule has 6 heteroatoms. The fourth-order valence-corrected chi connectivity index (χ4v) is 1.36. The van der Waals surface area contributed by atoms with Gasteiger partial charge in [-0.1, -0.05) is 0 Å². The second-order valence-electron chi connectivity index (χ2n) is 3.26. The molecule has 2 N–H and O–H groups in total. The number of nitrogens with two attached hydrogens (primary N) is 1. The molecular formula is C11H6FN5. The lowest BCUT2D eigenvalue weighted by atomic mass is 10.2. The summed E-state index contributed by atoms with van der Waals surface area (Å²) >= 11 is 0. The van der Waals surface area contributed by atoms with E-state index < -0.39 is 5.82 Å².